The quantitative estimate of drug-likeness (QED) is 0.447. The van der Waals surface area contributed by atoms with Gasteiger partial charge in [-0.05, 0) is 46.2 Å². The molecule has 0 fully saturated rings. The second-order valence-corrected chi connectivity index (χ2v) is 6.98. The molecule has 2 aromatic rings. The minimum atomic E-state index is 0.293. The summed E-state index contributed by atoms with van der Waals surface area (Å²) >= 11 is 20.4. The van der Waals surface area contributed by atoms with Crippen LogP contribution in [0, 0.1) is 3.57 Å². The van der Waals surface area contributed by atoms with Crippen molar-refractivity contribution >= 4 is 57.4 Å². The average Bonchev–Trinajstić information content (AvgIpc) is 2.36. The van der Waals surface area contributed by atoms with E-state index in [1.165, 1.54) is 0 Å². The highest BCUT2D eigenvalue weighted by Crippen LogP contribution is 2.27. The summed E-state index contributed by atoms with van der Waals surface area (Å²) in [6.45, 7) is 4.17. The van der Waals surface area contributed by atoms with Crippen molar-refractivity contribution in [2.75, 3.05) is 0 Å². The molecular weight excluding hydrogens is 429 g/mol. The second kappa shape index (κ2) is 6.77. The van der Waals surface area contributed by atoms with Crippen molar-refractivity contribution in [3.8, 4) is 0 Å². The molecule has 106 valence electrons. The van der Waals surface area contributed by atoms with E-state index >= 15 is 0 Å². The first kappa shape index (κ1) is 16.3. The Balaban J connectivity index is 2.39. The molecule has 0 spiro atoms. The Morgan fingerprint density at radius 2 is 1.85 bits per heavy atom. The molecule has 0 aliphatic rings. The highest BCUT2D eigenvalue weighted by Gasteiger charge is 2.14. The predicted molar refractivity (Wildman–Crippen MR) is 93.1 cm³/mol. The van der Waals surface area contributed by atoms with Crippen LogP contribution in [0.3, 0.4) is 0 Å². The van der Waals surface area contributed by atoms with Gasteiger partial charge in [0.1, 0.15) is 11.0 Å². The van der Waals surface area contributed by atoms with Crippen LogP contribution in [0.15, 0.2) is 18.2 Å². The summed E-state index contributed by atoms with van der Waals surface area (Å²) in [7, 11) is 0. The molecular formula is C14H12Cl3IN2. The SMILES string of the molecule is CC(C)c1nc(Cc2ccc(Cl)cc2Cl)nc(Cl)c1I. The monoisotopic (exact) mass is 440 g/mol. The highest BCUT2D eigenvalue weighted by atomic mass is 127. The zero-order valence-corrected chi connectivity index (χ0v) is 15.3. The Morgan fingerprint density at radius 3 is 2.45 bits per heavy atom. The maximum Gasteiger partial charge on any atom is 0.146 e. The normalized spacial score (nSPS) is 11.2. The molecule has 0 saturated carbocycles. The molecule has 1 heterocycles. The van der Waals surface area contributed by atoms with Crippen molar-refractivity contribution in [3.05, 3.63) is 54.0 Å². The third kappa shape index (κ3) is 3.75. The molecule has 0 saturated heterocycles. The van der Waals surface area contributed by atoms with Crippen molar-refractivity contribution in [1.29, 1.82) is 0 Å². The third-order valence-electron chi connectivity index (χ3n) is 2.79. The van der Waals surface area contributed by atoms with Crippen LogP contribution in [0.2, 0.25) is 15.2 Å². The van der Waals surface area contributed by atoms with Gasteiger partial charge in [-0.2, -0.15) is 0 Å². The molecule has 2 rings (SSSR count). The lowest BCUT2D eigenvalue weighted by atomic mass is 10.1. The highest BCUT2D eigenvalue weighted by molar-refractivity contribution is 14.1. The molecule has 0 bridgehead atoms. The maximum absolute atomic E-state index is 6.18. The summed E-state index contributed by atoms with van der Waals surface area (Å²) in [5, 5.41) is 1.72. The topological polar surface area (TPSA) is 25.8 Å². The van der Waals surface area contributed by atoms with Gasteiger partial charge in [0.05, 0.1) is 9.26 Å². The molecule has 0 aliphatic carbocycles. The summed E-state index contributed by atoms with van der Waals surface area (Å²) in [6.07, 6.45) is 0.534. The number of aromatic nitrogens is 2. The van der Waals surface area contributed by atoms with E-state index < -0.39 is 0 Å². The fourth-order valence-corrected chi connectivity index (χ4v) is 3.31. The number of halogens is 4. The van der Waals surface area contributed by atoms with Gasteiger partial charge in [-0.25, -0.2) is 9.97 Å². The Bertz CT molecular complexity index is 645. The Hall–Kier alpha value is -0.100. The Labute approximate surface area is 147 Å². The Morgan fingerprint density at radius 1 is 1.15 bits per heavy atom. The van der Waals surface area contributed by atoms with Crippen LogP contribution in [0.5, 0.6) is 0 Å². The van der Waals surface area contributed by atoms with E-state index in [1.54, 1.807) is 12.1 Å². The molecule has 6 heteroatoms. The Kier molecular flexibility index (Phi) is 5.51. The summed E-state index contributed by atoms with van der Waals surface area (Å²) < 4.78 is 0.908. The van der Waals surface area contributed by atoms with Crippen molar-refractivity contribution in [1.82, 2.24) is 9.97 Å². The second-order valence-electron chi connectivity index (χ2n) is 4.70. The van der Waals surface area contributed by atoms with Gasteiger partial charge in [0, 0.05) is 16.5 Å². The van der Waals surface area contributed by atoms with E-state index in [0.717, 1.165) is 14.8 Å². The van der Waals surface area contributed by atoms with E-state index in [0.29, 0.717) is 33.4 Å². The van der Waals surface area contributed by atoms with Gasteiger partial charge in [0.2, 0.25) is 0 Å². The largest absolute Gasteiger partial charge is 0.236 e. The number of hydrogen-bond acceptors (Lipinski definition) is 2. The number of rotatable bonds is 3. The number of nitrogens with zero attached hydrogens (tertiary/aromatic N) is 2. The number of hydrogen-bond donors (Lipinski definition) is 0. The maximum atomic E-state index is 6.18. The minimum Gasteiger partial charge on any atom is -0.236 e. The van der Waals surface area contributed by atoms with E-state index in [4.69, 9.17) is 34.8 Å². The van der Waals surface area contributed by atoms with E-state index in [-0.39, 0.29) is 0 Å². The van der Waals surface area contributed by atoms with Crippen LogP contribution in [0.25, 0.3) is 0 Å². The molecule has 1 aromatic heterocycles. The van der Waals surface area contributed by atoms with Gasteiger partial charge in [-0.1, -0.05) is 54.7 Å². The summed E-state index contributed by atoms with van der Waals surface area (Å²) in [4.78, 5) is 8.93. The molecule has 0 N–H and O–H groups in total. The van der Waals surface area contributed by atoms with Gasteiger partial charge in [-0.3, -0.25) is 0 Å². The van der Waals surface area contributed by atoms with Crippen LogP contribution in [0.1, 0.15) is 36.8 Å². The first-order valence-electron chi connectivity index (χ1n) is 6.04. The fraction of sp³-hybridized carbons (Fsp3) is 0.286. The lowest BCUT2D eigenvalue weighted by molar-refractivity contribution is 0.783. The van der Waals surface area contributed by atoms with Crippen molar-refractivity contribution < 1.29 is 0 Å². The molecule has 0 amide bonds. The van der Waals surface area contributed by atoms with E-state index in [9.17, 15) is 0 Å². The van der Waals surface area contributed by atoms with Gasteiger partial charge < -0.3 is 0 Å². The van der Waals surface area contributed by atoms with Crippen LogP contribution in [-0.2, 0) is 6.42 Å². The first-order chi connectivity index (χ1) is 9.38. The summed E-state index contributed by atoms with van der Waals surface area (Å²) in [5.41, 5.74) is 1.90. The van der Waals surface area contributed by atoms with Gasteiger partial charge in [-0.15, -0.1) is 0 Å². The van der Waals surface area contributed by atoms with Gasteiger partial charge >= 0.3 is 0 Å². The molecule has 20 heavy (non-hydrogen) atoms. The molecule has 0 unspecified atom stereocenters. The fourth-order valence-electron chi connectivity index (χ4n) is 1.78. The van der Waals surface area contributed by atoms with Crippen molar-refractivity contribution in [2.45, 2.75) is 26.2 Å². The predicted octanol–water partition coefficient (Wildman–Crippen LogP) is 5.76. The van der Waals surface area contributed by atoms with E-state index in [2.05, 4.69) is 46.4 Å². The average molecular weight is 442 g/mol. The third-order valence-corrected chi connectivity index (χ3v) is 5.04. The van der Waals surface area contributed by atoms with Gasteiger partial charge in [0.25, 0.3) is 0 Å². The zero-order chi connectivity index (χ0) is 14.9. The summed E-state index contributed by atoms with van der Waals surface area (Å²) in [6, 6.07) is 5.41. The van der Waals surface area contributed by atoms with Crippen LogP contribution >= 0.6 is 57.4 Å². The molecule has 2 nitrogen and oxygen atoms in total. The summed E-state index contributed by atoms with van der Waals surface area (Å²) in [5.74, 6) is 0.963. The van der Waals surface area contributed by atoms with Crippen LogP contribution in [0.4, 0.5) is 0 Å². The smallest absolute Gasteiger partial charge is 0.146 e. The van der Waals surface area contributed by atoms with Crippen LogP contribution < -0.4 is 0 Å². The zero-order valence-electron chi connectivity index (χ0n) is 10.9. The lowest BCUT2D eigenvalue weighted by Gasteiger charge is -2.11. The first-order valence-corrected chi connectivity index (χ1v) is 8.25. The molecule has 0 atom stereocenters. The minimum absolute atomic E-state index is 0.293. The molecule has 0 aliphatic heterocycles. The van der Waals surface area contributed by atoms with Crippen LogP contribution in [-0.4, -0.2) is 9.97 Å². The lowest BCUT2D eigenvalue weighted by Crippen LogP contribution is -2.06. The van der Waals surface area contributed by atoms with Crippen molar-refractivity contribution in [2.24, 2.45) is 0 Å². The standard InChI is InChI=1S/C14H12Cl3IN2/c1-7(2)13-12(18)14(17)20-11(19-13)5-8-3-4-9(15)6-10(8)16/h3-4,6-7H,5H2,1-2H3. The molecule has 1 aromatic carbocycles. The van der Waals surface area contributed by atoms with E-state index in [1.807, 2.05) is 6.07 Å². The van der Waals surface area contributed by atoms with Crippen molar-refractivity contribution in [3.63, 3.8) is 0 Å². The number of benzene rings is 1. The molecule has 0 radical (unpaired) electrons. The van der Waals surface area contributed by atoms with Gasteiger partial charge in [0.15, 0.2) is 0 Å².